The van der Waals surface area contributed by atoms with Gasteiger partial charge in [-0.25, -0.2) is 0 Å². The SMILES string of the molecule is COc1cc(C)c(C(N)CC2CCNC2)cc1C. The molecule has 1 aliphatic heterocycles. The van der Waals surface area contributed by atoms with Gasteiger partial charge in [-0.2, -0.15) is 0 Å². The molecule has 1 heterocycles. The Bertz CT molecular complexity index is 411. The summed E-state index contributed by atoms with van der Waals surface area (Å²) in [7, 11) is 1.71. The van der Waals surface area contributed by atoms with Gasteiger partial charge in [-0.05, 0) is 68.5 Å². The fourth-order valence-electron chi connectivity index (χ4n) is 2.83. The van der Waals surface area contributed by atoms with Crippen LogP contribution in [0.15, 0.2) is 12.1 Å². The molecule has 0 bridgehead atoms. The zero-order chi connectivity index (χ0) is 13.1. The van der Waals surface area contributed by atoms with Crippen molar-refractivity contribution in [2.45, 2.75) is 32.7 Å². The summed E-state index contributed by atoms with van der Waals surface area (Å²) in [5.41, 5.74) is 10.0. The molecule has 1 fully saturated rings. The second-order valence-electron chi connectivity index (χ2n) is 5.38. The van der Waals surface area contributed by atoms with E-state index in [9.17, 15) is 0 Å². The summed E-state index contributed by atoms with van der Waals surface area (Å²) in [6.45, 7) is 6.44. The third kappa shape index (κ3) is 2.85. The molecule has 1 aromatic rings. The van der Waals surface area contributed by atoms with Gasteiger partial charge in [0.25, 0.3) is 0 Å². The maximum absolute atomic E-state index is 6.37. The van der Waals surface area contributed by atoms with Gasteiger partial charge in [-0.1, -0.05) is 6.07 Å². The van der Waals surface area contributed by atoms with Gasteiger partial charge in [0.15, 0.2) is 0 Å². The van der Waals surface area contributed by atoms with E-state index in [0.29, 0.717) is 0 Å². The molecule has 3 N–H and O–H groups in total. The molecule has 0 aliphatic carbocycles. The second-order valence-corrected chi connectivity index (χ2v) is 5.38. The van der Waals surface area contributed by atoms with Gasteiger partial charge >= 0.3 is 0 Å². The predicted octanol–water partition coefficient (Wildman–Crippen LogP) is 2.31. The quantitative estimate of drug-likeness (QED) is 0.859. The lowest BCUT2D eigenvalue weighted by Crippen LogP contribution is -2.18. The fourth-order valence-corrected chi connectivity index (χ4v) is 2.83. The number of methoxy groups -OCH3 is 1. The number of hydrogen-bond acceptors (Lipinski definition) is 3. The van der Waals surface area contributed by atoms with Crippen molar-refractivity contribution in [2.24, 2.45) is 11.7 Å². The Morgan fingerprint density at radius 3 is 2.78 bits per heavy atom. The minimum Gasteiger partial charge on any atom is -0.496 e. The molecule has 2 unspecified atom stereocenters. The van der Waals surface area contributed by atoms with Crippen LogP contribution in [0.3, 0.4) is 0 Å². The number of benzene rings is 1. The topological polar surface area (TPSA) is 47.3 Å². The van der Waals surface area contributed by atoms with E-state index in [2.05, 4.69) is 31.3 Å². The first-order valence-electron chi connectivity index (χ1n) is 6.73. The van der Waals surface area contributed by atoms with E-state index in [1.807, 2.05) is 0 Å². The maximum Gasteiger partial charge on any atom is 0.122 e. The van der Waals surface area contributed by atoms with Crippen molar-refractivity contribution in [1.29, 1.82) is 0 Å². The van der Waals surface area contributed by atoms with Crippen molar-refractivity contribution in [2.75, 3.05) is 20.2 Å². The summed E-state index contributed by atoms with van der Waals surface area (Å²) in [5.74, 6) is 1.67. The van der Waals surface area contributed by atoms with E-state index in [1.165, 1.54) is 17.5 Å². The number of hydrogen-bond donors (Lipinski definition) is 2. The molecule has 3 heteroatoms. The van der Waals surface area contributed by atoms with Crippen LogP contribution in [-0.4, -0.2) is 20.2 Å². The third-order valence-electron chi connectivity index (χ3n) is 3.93. The minimum absolute atomic E-state index is 0.138. The maximum atomic E-state index is 6.37. The van der Waals surface area contributed by atoms with Gasteiger partial charge in [0, 0.05) is 6.04 Å². The van der Waals surface area contributed by atoms with Crippen LogP contribution in [0.1, 0.15) is 35.6 Å². The van der Waals surface area contributed by atoms with Crippen LogP contribution in [-0.2, 0) is 0 Å². The number of aryl methyl sites for hydroxylation is 2. The molecule has 0 aromatic heterocycles. The van der Waals surface area contributed by atoms with Gasteiger partial charge in [0.2, 0.25) is 0 Å². The van der Waals surface area contributed by atoms with E-state index in [4.69, 9.17) is 10.5 Å². The van der Waals surface area contributed by atoms with Crippen LogP contribution in [0, 0.1) is 19.8 Å². The average molecular weight is 248 g/mol. The molecule has 1 aliphatic rings. The van der Waals surface area contributed by atoms with Crippen LogP contribution in [0.5, 0.6) is 5.75 Å². The lowest BCUT2D eigenvalue weighted by Gasteiger charge is -2.20. The summed E-state index contributed by atoms with van der Waals surface area (Å²) in [5, 5.41) is 3.40. The molecule has 0 spiro atoms. The van der Waals surface area contributed by atoms with Crippen molar-refractivity contribution in [1.82, 2.24) is 5.32 Å². The van der Waals surface area contributed by atoms with E-state index in [0.717, 1.165) is 36.7 Å². The number of nitrogens with one attached hydrogen (secondary N) is 1. The van der Waals surface area contributed by atoms with E-state index >= 15 is 0 Å². The van der Waals surface area contributed by atoms with Crippen LogP contribution in [0.4, 0.5) is 0 Å². The largest absolute Gasteiger partial charge is 0.496 e. The highest BCUT2D eigenvalue weighted by molar-refractivity contribution is 5.42. The smallest absolute Gasteiger partial charge is 0.122 e. The minimum atomic E-state index is 0.138. The van der Waals surface area contributed by atoms with Crippen molar-refractivity contribution in [3.8, 4) is 5.75 Å². The average Bonchev–Trinajstić information content (AvgIpc) is 2.84. The first-order valence-corrected chi connectivity index (χ1v) is 6.73. The predicted molar refractivity (Wildman–Crippen MR) is 75.0 cm³/mol. The molecule has 0 amide bonds. The second kappa shape index (κ2) is 5.72. The van der Waals surface area contributed by atoms with Gasteiger partial charge in [0.1, 0.15) is 5.75 Å². The molecule has 18 heavy (non-hydrogen) atoms. The highest BCUT2D eigenvalue weighted by Crippen LogP contribution is 2.29. The normalized spacial score (nSPS) is 21.0. The van der Waals surface area contributed by atoms with Crippen LogP contribution in [0.25, 0.3) is 0 Å². The first kappa shape index (κ1) is 13.4. The zero-order valence-electron chi connectivity index (χ0n) is 11.6. The summed E-state index contributed by atoms with van der Waals surface area (Å²) in [4.78, 5) is 0. The molecule has 2 rings (SSSR count). The standard InChI is InChI=1S/C15H24N2O/c1-10-7-15(18-3)11(2)6-13(10)14(16)8-12-4-5-17-9-12/h6-7,12,14,17H,4-5,8-9,16H2,1-3H3. The molecular weight excluding hydrogens is 224 g/mol. The summed E-state index contributed by atoms with van der Waals surface area (Å²) in [6, 6.07) is 4.41. The molecule has 3 nitrogen and oxygen atoms in total. The Morgan fingerprint density at radius 2 is 2.17 bits per heavy atom. The van der Waals surface area contributed by atoms with Crippen LogP contribution < -0.4 is 15.8 Å². The highest BCUT2D eigenvalue weighted by atomic mass is 16.5. The molecule has 1 saturated heterocycles. The molecule has 0 saturated carbocycles. The summed E-state index contributed by atoms with van der Waals surface area (Å²) in [6.07, 6.45) is 2.32. The Labute approximate surface area is 110 Å². The van der Waals surface area contributed by atoms with Crippen molar-refractivity contribution in [3.05, 3.63) is 28.8 Å². The highest BCUT2D eigenvalue weighted by Gasteiger charge is 2.20. The first-order chi connectivity index (χ1) is 8.61. The zero-order valence-corrected chi connectivity index (χ0v) is 11.6. The van der Waals surface area contributed by atoms with Crippen LogP contribution in [0.2, 0.25) is 0 Å². The number of nitrogens with two attached hydrogens (primary N) is 1. The van der Waals surface area contributed by atoms with Crippen molar-refractivity contribution >= 4 is 0 Å². The van der Waals surface area contributed by atoms with E-state index in [1.54, 1.807) is 7.11 Å². The summed E-state index contributed by atoms with van der Waals surface area (Å²) < 4.78 is 5.34. The lowest BCUT2D eigenvalue weighted by atomic mass is 9.91. The van der Waals surface area contributed by atoms with Crippen molar-refractivity contribution in [3.63, 3.8) is 0 Å². The third-order valence-corrected chi connectivity index (χ3v) is 3.93. The van der Waals surface area contributed by atoms with Gasteiger partial charge < -0.3 is 15.8 Å². The molecule has 0 radical (unpaired) electrons. The summed E-state index contributed by atoms with van der Waals surface area (Å²) >= 11 is 0. The van der Waals surface area contributed by atoms with Crippen LogP contribution >= 0.6 is 0 Å². The fraction of sp³-hybridized carbons (Fsp3) is 0.600. The lowest BCUT2D eigenvalue weighted by molar-refractivity contribution is 0.410. The monoisotopic (exact) mass is 248 g/mol. The Balaban J connectivity index is 2.13. The molecule has 100 valence electrons. The number of ether oxygens (including phenoxy) is 1. The number of rotatable bonds is 4. The van der Waals surface area contributed by atoms with Gasteiger partial charge in [-0.3, -0.25) is 0 Å². The van der Waals surface area contributed by atoms with Crippen molar-refractivity contribution < 1.29 is 4.74 Å². The molecule has 2 atom stereocenters. The van der Waals surface area contributed by atoms with Gasteiger partial charge in [-0.15, -0.1) is 0 Å². The van der Waals surface area contributed by atoms with E-state index in [-0.39, 0.29) is 6.04 Å². The molecular formula is C15H24N2O. The Morgan fingerprint density at radius 1 is 1.39 bits per heavy atom. The molecule has 1 aromatic carbocycles. The Kier molecular flexibility index (Phi) is 4.25. The Hall–Kier alpha value is -1.06. The van der Waals surface area contributed by atoms with Gasteiger partial charge in [0.05, 0.1) is 7.11 Å². The van der Waals surface area contributed by atoms with E-state index < -0.39 is 0 Å².